The van der Waals surface area contributed by atoms with Gasteiger partial charge in [-0.1, -0.05) is 25.0 Å². The lowest BCUT2D eigenvalue weighted by atomic mass is 9.78. The van der Waals surface area contributed by atoms with E-state index in [-0.39, 0.29) is 17.8 Å². The van der Waals surface area contributed by atoms with Crippen LogP contribution < -0.4 is 5.32 Å². The van der Waals surface area contributed by atoms with Gasteiger partial charge in [-0.2, -0.15) is 5.10 Å². The number of carbonyl (C=O) groups is 1. The maximum absolute atomic E-state index is 13.3. The Labute approximate surface area is 162 Å². The van der Waals surface area contributed by atoms with Crippen LogP contribution in [0.3, 0.4) is 0 Å². The van der Waals surface area contributed by atoms with Crippen LogP contribution in [-0.4, -0.2) is 26.1 Å². The first-order valence-electron chi connectivity index (χ1n) is 9.48. The summed E-state index contributed by atoms with van der Waals surface area (Å²) in [7, 11) is 0. The maximum Gasteiger partial charge on any atom is 0.231 e. The zero-order valence-electron chi connectivity index (χ0n) is 15.7. The Morgan fingerprint density at radius 1 is 1.21 bits per heavy atom. The molecule has 2 aromatic heterocycles. The fraction of sp³-hybridized carbons (Fsp3) is 0.333. The second-order valence-corrected chi connectivity index (χ2v) is 7.28. The molecule has 0 bridgehead atoms. The summed E-state index contributed by atoms with van der Waals surface area (Å²) in [5.41, 5.74) is 1.06. The predicted molar refractivity (Wildman–Crippen MR) is 103 cm³/mol. The number of aromatic amines is 1. The van der Waals surface area contributed by atoms with Crippen LogP contribution in [0.4, 0.5) is 4.39 Å². The number of hydrogen-bond acceptors (Lipinski definition) is 4. The quantitative estimate of drug-likeness (QED) is 0.708. The Kier molecular flexibility index (Phi) is 4.90. The molecule has 0 radical (unpaired) electrons. The van der Waals surface area contributed by atoms with Crippen molar-refractivity contribution in [2.75, 3.05) is 0 Å². The van der Waals surface area contributed by atoms with Crippen LogP contribution >= 0.6 is 0 Å². The number of hydrogen-bond donors (Lipinski definition) is 2. The molecule has 1 aliphatic carbocycles. The first-order valence-corrected chi connectivity index (χ1v) is 9.48. The monoisotopic (exact) mass is 379 g/mol. The molecule has 0 spiro atoms. The normalized spacial score (nSPS) is 16.6. The summed E-state index contributed by atoms with van der Waals surface area (Å²) in [6.07, 6.45) is 6.86. The lowest BCUT2D eigenvalue weighted by molar-refractivity contribution is -0.127. The van der Waals surface area contributed by atoms with Crippen molar-refractivity contribution >= 4 is 5.91 Å². The summed E-state index contributed by atoms with van der Waals surface area (Å²) >= 11 is 0. The van der Waals surface area contributed by atoms with Gasteiger partial charge in [0.2, 0.25) is 5.91 Å². The zero-order valence-corrected chi connectivity index (χ0v) is 15.7. The van der Waals surface area contributed by atoms with Gasteiger partial charge in [0.25, 0.3) is 0 Å². The highest BCUT2D eigenvalue weighted by atomic mass is 19.1. The molecule has 1 fully saturated rings. The SMILES string of the molecule is CC(NC(=O)C1(c2ccc(F)cc2)CCCC1)c1nc(-c2cccnc2)n[nH]1. The van der Waals surface area contributed by atoms with Crippen LogP contribution in [0, 0.1) is 5.82 Å². The lowest BCUT2D eigenvalue weighted by Crippen LogP contribution is -2.43. The molecule has 1 amide bonds. The van der Waals surface area contributed by atoms with E-state index in [0.717, 1.165) is 36.8 Å². The van der Waals surface area contributed by atoms with E-state index in [4.69, 9.17) is 0 Å². The van der Waals surface area contributed by atoms with Crippen LogP contribution in [0.25, 0.3) is 11.4 Å². The maximum atomic E-state index is 13.3. The van der Waals surface area contributed by atoms with E-state index in [1.54, 1.807) is 24.5 Å². The molecule has 6 nitrogen and oxygen atoms in total. The Morgan fingerprint density at radius 3 is 2.64 bits per heavy atom. The fourth-order valence-corrected chi connectivity index (χ4v) is 3.89. The number of aromatic nitrogens is 4. The Bertz CT molecular complexity index is 948. The molecule has 1 aliphatic rings. The van der Waals surface area contributed by atoms with Gasteiger partial charge in [0.05, 0.1) is 11.5 Å². The molecule has 0 aliphatic heterocycles. The number of halogens is 1. The number of benzene rings is 1. The highest BCUT2D eigenvalue weighted by Crippen LogP contribution is 2.41. The smallest absolute Gasteiger partial charge is 0.231 e. The van der Waals surface area contributed by atoms with Crippen LogP contribution in [0.5, 0.6) is 0 Å². The van der Waals surface area contributed by atoms with Crippen LogP contribution in [0.1, 0.15) is 50.0 Å². The van der Waals surface area contributed by atoms with E-state index in [1.165, 1.54) is 12.1 Å². The molecule has 1 saturated carbocycles. The van der Waals surface area contributed by atoms with Gasteiger partial charge in [0, 0.05) is 18.0 Å². The first-order chi connectivity index (χ1) is 13.6. The highest BCUT2D eigenvalue weighted by molar-refractivity contribution is 5.88. The summed E-state index contributed by atoms with van der Waals surface area (Å²) in [6.45, 7) is 1.87. The van der Waals surface area contributed by atoms with Crippen molar-refractivity contribution in [2.45, 2.75) is 44.1 Å². The molecule has 1 unspecified atom stereocenters. The van der Waals surface area contributed by atoms with Crippen molar-refractivity contribution in [3.8, 4) is 11.4 Å². The third-order valence-electron chi connectivity index (χ3n) is 5.47. The van der Waals surface area contributed by atoms with Crippen molar-refractivity contribution in [1.29, 1.82) is 0 Å². The van der Waals surface area contributed by atoms with Gasteiger partial charge in [-0.3, -0.25) is 14.9 Å². The van der Waals surface area contributed by atoms with Gasteiger partial charge in [-0.05, 0) is 49.6 Å². The molecule has 28 heavy (non-hydrogen) atoms. The van der Waals surface area contributed by atoms with Gasteiger partial charge in [-0.15, -0.1) is 0 Å². The molecule has 7 heteroatoms. The molecule has 144 valence electrons. The van der Waals surface area contributed by atoms with Crippen molar-refractivity contribution in [2.24, 2.45) is 0 Å². The summed E-state index contributed by atoms with van der Waals surface area (Å²) in [6, 6.07) is 9.66. The van der Waals surface area contributed by atoms with Crippen molar-refractivity contribution in [3.05, 3.63) is 66.0 Å². The van der Waals surface area contributed by atoms with Crippen LogP contribution in [0.15, 0.2) is 48.8 Å². The number of nitrogens with one attached hydrogen (secondary N) is 2. The third kappa shape index (κ3) is 3.40. The molecular formula is C21H22FN5O. The fourth-order valence-electron chi connectivity index (χ4n) is 3.89. The van der Waals surface area contributed by atoms with Gasteiger partial charge in [-0.25, -0.2) is 9.37 Å². The van der Waals surface area contributed by atoms with E-state index < -0.39 is 5.41 Å². The molecule has 4 rings (SSSR count). The average Bonchev–Trinajstić information content (AvgIpc) is 3.40. The Hall–Kier alpha value is -3.09. The average molecular weight is 379 g/mol. The highest BCUT2D eigenvalue weighted by Gasteiger charge is 2.43. The minimum atomic E-state index is -0.617. The Morgan fingerprint density at radius 2 is 1.96 bits per heavy atom. The number of carbonyl (C=O) groups excluding carboxylic acids is 1. The molecule has 2 heterocycles. The van der Waals surface area contributed by atoms with E-state index in [9.17, 15) is 9.18 Å². The zero-order chi connectivity index (χ0) is 19.6. The van der Waals surface area contributed by atoms with E-state index in [2.05, 4.69) is 25.5 Å². The molecule has 0 saturated heterocycles. The number of pyridine rings is 1. The predicted octanol–water partition coefficient (Wildman–Crippen LogP) is 3.70. The van der Waals surface area contributed by atoms with Crippen molar-refractivity contribution < 1.29 is 9.18 Å². The summed E-state index contributed by atoms with van der Waals surface area (Å²) in [5.74, 6) is 0.775. The Balaban J connectivity index is 1.53. The third-order valence-corrected chi connectivity index (χ3v) is 5.47. The molecule has 3 aromatic rings. The van der Waals surface area contributed by atoms with Gasteiger partial charge >= 0.3 is 0 Å². The molecule has 1 atom stereocenters. The van der Waals surface area contributed by atoms with Crippen LogP contribution in [0.2, 0.25) is 0 Å². The van der Waals surface area contributed by atoms with Gasteiger partial charge in [0.1, 0.15) is 11.6 Å². The van der Waals surface area contributed by atoms with Gasteiger partial charge in [0.15, 0.2) is 5.82 Å². The van der Waals surface area contributed by atoms with E-state index in [0.29, 0.717) is 11.6 Å². The number of rotatable bonds is 5. The number of nitrogens with zero attached hydrogens (tertiary/aromatic N) is 3. The van der Waals surface area contributed by atoms with Crippen molar-refractivity contribution in [1.82, 2.24) is 25.5 Å². The minimum Gasteiger partial charge on any atom is -0.346 e. The standard InChI is InChI=1S/C21H22FN5O/c1-14(18-25-19(27-26-18)15-5-4-12-23-13-15)24-20(28)21(10-2-3-11-21)16-6-8-17(22)9-7-16/h4-9,12-14H,2-3,10-11H2,1H3,(H,24,28)(H,25,26,27). The van der Waals surface area contributed by atoms with Gasteiger partial charge < -0.3 is 5.32 Å². The van der Waals surface area contributed by atoms with Crippen molar-refractivity contribution in [3.63, 3.8) is 0 Å². The van der Waals surface area contributed by atoms with E-state index in [1.807, 2.05) is 19.1 Å². The van der Waals surface area contributed by atoms with Crippen LogP contribution in [-0.2, 0) is 10.2 Å². The second-order valence-electron chi connectivity index (χ2n) is 7.28. The summed E-state index contributed by atoms with van der Waals surface area (Å²) < 4.78 is 13.3. The first kappa shape index (κ1) is 18.3. The second kappa shape index (κ2) is 7.50. The van der Waals surface area contributed by atoms with E-state index >= 15 is 0 Å². The molecule has 1 aromatic carbocycles. The largest absolute Gasteiger partial charge is 0.346 e. The summed E-state index contributed by atoms with van der Waals surface area (Å²) in [4.78, 5) is 21.8. The summed E-state index contributed by atoms with van der Waals surface area (Å²) in [5, 5.41) is 10.2. The number of H-pyrrole nitrogens is 1. The molecule has 2 N–H and O–H groups in total. The molecular weight excluding hydrogens is 357 g/mol. The number of amides is 1. The minimum absolute atomic E-state index is 0.0524. The topological polar surface area (TPSA) is 83.6 Å². The lowest BCUT2D eigenvalue weighted by Gasteiger charge is -2.29.